The van der Waals surface area contributed by atoms with E-state index in [1.807, 2.05) is 0 Å². The molecule has 0 saturated heterocycles. The van der Waals surface area contributed by atoms with Gasteiger partial charge in [0, 0.05) is 18.0 Å². The van der Waals surface area contributed by atoms with Crippen LogP contribution in [0, 0.1) is 6.92 Å². The van der Waals surface area contributed by atoms with Gasteiger partial charge in [-0.05, 0) is 32.4 Å². The minimum absolute atomic E-state index is 0. The van der Waals surface area contributed by atoms with Crippen molar-refractivity contribution in [3.63, 3.8) is 0 Å². The standard InChI is InChI=1S/C12H17NO.ClH/c1-8-4-5-9-10(13)7-12(2,3)14-11(9)6-8;/h4-6,10H,7,13H2,1-3H3;1H. The summed E-state index contributed by atoms with van der Waals surface area (Å²) in [7, 11) is 0. The van der Waals surface area contributed by atoms with Crippen LogP contribution in [0.25, 0.3) is 0 Å². The molecule has 2 nitrogen and oxygen atoms in total. The number of hydrogen-bond acceptors (Lipinski definition) is 2. The molecule has 0 aliphatic carbocycles. The first-order valence-electron chi connectivity index (χ1n) is 5.03. The maximum atomic E-state index is 6.09. The highest BCUT2D eigenvalue weighted by molar-refractivity contribution is 5.85. The highest BCUT2D eigenvalue weighted by atomic mass is 35.5. The molecule has 1 aliphatic rings. The summed E-state index contributed by atoms with van der Waals surface area (Å²) in [6, 6.07) is 6.33. The van der Waals surface area contributed by atoms with Crippen molar-refractivity contribution < 1.29 is 4.74 Å². The topological polar surface area (TPSA) is 35.2 Å². The van der Waals surface area contributed by atoms with Gasteiger partial charge in [0.25, 0.3) is 0 Å². The first kappa shape index (κ1) is 12.3. The smallest absolute Gasteiger partial charge is 0.125 e. The third-order valence-electron chi connectivity index (χ3n) is 2.67. The molecule has 1 unspecified atom stereocenters. The molecule has 1 aromatic rings. The van der Waals surface area contributed by atoms with Crippen molar-refractivity contribution in [3.05, 3.63) is 29.3 Å². The zero-order valence-corrected chi connectivity index (χ0v) is 10.2. The first-order valence-corrected chi connectivity index (χ1v) is 5.03. The summed E-state index contributed by atoms with van der Waals surface area (Å²) >= 11 is 0. The fourth-order valence-electron chi connectivity index (χ4n) is 2.02. The van der Waals surface area contributed by atoms with Crippen molar-refractivity contribution in [1.29, 1.82) is 0 Å². The quantitative estimate of drug-likeness (QED) is 0.740. The Bertz CT molecular complexity index is 363. The number of aryl methyl sites for hydroxylation is 1. The van der Waals surface area contributed by atoms with Crippen molar-refractivity contribution in [2.24, 2.45) is 5.73 Å². The molecule has 0 radical (unpaired) electrons. The van der Waals surface area contributed by atoms with E-state index in [0.717, 1.165) is 17.7 Å². The van der Waals surface area contributed by atoms with Gasteiger partial charge in [-0.1, -0.05) is 12.1 Å². The van der Waals surface area contributed by atoms with Gasteiger partial charge in [0.05, 0.1) is 0 Å². The van der Waals surface area contributed by atoms with Gasteiger partial charge >= 0.3 is 0 Å². The summed E-state index contributed by atoms with van der Waals surface area (Å²) in [6.07, 6.45) is 0.878. The first-order chi connectivity index (χ1) is 6.48. The molecular formula is C12H18ClNO. The molecule has 0 fully saturated rings. The van der Waals surface area contributed by atoms with Gasteiger partial charge in [0.2, 0.25) is 0 Å². The average Bonchev–Trinajstić information content (AvgIpc) is 2.00. The summed E-state index contributed by atoms with van der Waals surface area (Å²) < 4.78 is 5.89. The van der Waals surface area contributed by atoms with Crippen LogP contribution >= 0.6 is 12.4 Å². The zero-order chi connectivity index (χ0) is 10.3. The maximum Gasteiger partial charge on any atom is 0.125 e. The van der Waals surface area contributed by atoms with Gasteiger partial charge < -0.3 is 10.5 Å². The molecule has 0 bridgehead atoms. The van der Waals surface area contributed by atoms with Crippen molar-refractivity contribution in [1.82, 2.24) is 0 Å². The third-order valence-corrected chi connectivity index (χ3v) is 2.67. The molecule has 2 rings (SSSR count). The van der Waals surface area contributed by atoms with Crippen LogP contribution in [0.5, 0.6) is 5.75 Å². The van der Waals surface area contributed by atoms with E-state index in [-0.39, 0.29) is 24.0 Å². The summed E-state index contributed by atoms with van der Waals surface area (Å²) in [5.41, 5.74) is 8.30. The second kappa shape index (κ2) is 4.03. The minimum Gasteiger partial charge on any atom is -0.487 e. The summed E-state index contributed by atoms with van der Waals surface area (Å²) in [5.74, 6) is 0.953. The summed E-state index contributed by atoms with van der Waals surface area (Å²) in [4.78, 5) is 0. The van der Waals surface area contributed by atoms with E-state index in [4.69, 9.17) is 10.5 Å². The molecule has 0 spiro atoms. The maximum absolute atomic E-state index is 6.09. The zero-order valence-electron chi connectivity index (χ0n) is 9.41. The number of benzene rings is 1. The Morgan fingerprint density at radius 3 is 2.73 bits per heavy atom. The Hall–Kier alpha value is -0.730. The Balaban J connectivity index is 0.00000112. The lowest BCUT2D eigenvalue weighted by Crippen LogP contribution is -2.37. The Morgan fingerprint density at radius 2 is 2.07 bits per heavy atom. The van der Waals surface area contributed by atoms with Crippen LogP contribution in [0.4, 0.5) is 0 Å². The van der Waals surface area contributed by atoms with E-state index in [1.54, 1.807) is 0 Å². The van der Waals surface area contributed by atoms with Crippen LogP contribution in [0.2, 0.25) is 0 Å². The largest absolute Gasteiger partial charge is 0.487 e. The van der Waals surface area contributed by atoms with Gasteiger partial charge in [-0.15, -0.1) is 12.4 Å². The van der Waals surface area contributed by atoms with Crippen LogP contribution in [-0.2, 0) is 0 Å². The average molecular weight is 228 g/mol. The minimum atomic E-state index is -0.139. The molecule has 3 heteroatoms. The van der Waals surface area contributed by atoms with Gasteiger partial charge in [0.15, 0.2) is 0 Å². The Kier molecular flexibility index (Phi) is 3.31. The molecule has 1 aromatic carbocycles. The molecule has 1 atom stereocenters. The molecule has 1 heterocycles. The lowest BCUT2D eigenvalue weighted by atomic mass is 9.90. The van der Waals surface area contributed by atoms with E-state index >= 15 is 0 Å². The number of hydrogen-bond donors (Lipinski definition) is 1. The van der Waals surface area contributed by atoms with E-state index in [0.29, 0.717) is 0 Å². The Morgan fingerprint density at radius 1 is 1.40 bits per heavy atom. The van der Waals surface area contributed by atoms with Gasteiger partial charge in [0.1, 0.15) is 11.4 Å². The highest BCUT2D eigenvalue weighted by Gasteiger charge is 2.31. The number of rotatable bonds is 0. The normalized spacial score (nSPS) is 22.3. The Labute approximate surface area is 97.2 Å². The van der Waals surface area contributed by atoms with Crippen LogP contribution < -0.4 is 10.5 Å². The molecule has 2 N–H and O–H groups in total. The number of ether oxygens (including phenoxy) is 1. The summed E-state index contributed by atoms with van der Waals surface area (Å²) in [5, 5.41) is 0. The van der Waals surface area contributed by atoms with Crippen molar-refractivity contribution in [2.75, 3.05) is 0 Å². The fraction of sp³-hybridized carbons (Fsp3) is 0.500. The predicted octanol–water partition coefficient (Wildman–Crippen LogP) is 2.98. The van der Waals surface area contributed by atoms with E-state index in [1.165, 1.54) is 5.56 Å². The van der Waals surface area contributed by atoms with Crippen molar-refractivity contribution in [3.8, 4) is 5.75 Å². The van der Waals surface area contributed by atoms with Gasteiger partial charge in [-0.2, -0.15) is 0 Å². The van der Waals surface area contributed by atoms with Crippen molar-refractivity contribution >= 4 is 12.4 Å². The van der Waals surface area contributed by atoms with E-state index in [9.17, 15) is 0 Å². The summed E-state index contributed by atoms with van der Waals surface area (Å²) in [6.45, 7) is 6.23. The van der Waals surface area contributed by atoms with Gasteiger partial charge in [-0.3, -0.25) is 0 Å². The lowest BCUT2D eigenvalue weighted by molar-refractivity contribution is 0.0728. The third kappa shape index (κ3) is 2.44. The number of nitrogens with two attached hydrogens (primary N) is 1. The second-order valence-electron chi connectivity index (χ2n) is 4.71. The van der Waals surface area contributed by atoms with E-state index < -0.39 is 0 Å². The van der Waals surface area contributed by atoms with Crippen LogP contribution in [0.15, 0.2) is 18.2 Å². The van der Waals surface area contributed by atoms with E-state index in [2.05, 4.69) is 39.0 Å². The molecule has 15 heavy (non-hydrogen) atoms. The SMILES string of the molecule is Cc1ccc2c(c1)OC(C)(C)CC2N.Cl. The van der Waals surface area contributed by atoms with Crippen LogP contribution in [-0.4, -0.2) is 5.60 Å². The second-order valence-corrected chi connectivity index (χ2v) is 4.71. The predicted molar refractivity (Wildman–Crippen MR) is 64.7 cm³/mol. The molecule has 0 saturated carbocycles. The van der Waals surface area contributed by atoms with Crippen LogP contribution in [0.1, 0.15) is 37.4 Å². The molecular weight excluding hydrogens is 210 g/mol. The van der Waals surface area contributed by atoms with Crippen molar-refractivity contribution in [2.45, 2.75) is 38.8 Å². The van der Waals surface area contributed by atoms with Gasteiger partial charge in [-0.25, -0.2) is 0 Å². The molecule has 0 aromatic heterocycles. The monoisotopic (exact) mass is 227 g/mol. The highest BCUT2D eigenvalue weighted by Crippen LogP contribution is 2.38. The lowest BCUT2D eigenvalue weighted by Gasteiger charge is -2.36. The molecule has 84 valence electrons. The number of fused-ring (bicyclic) bond motifs is 1. The molecule has 0 amide bonds. The van der Waals surface area contributed by atoms with Crippen LogP contribution in [0.3, 0.4) is 0 Å². The molecule has 1 aliphatic heterocycles. The number of halogens is 1. The fourth-order valence-corrected chi connectivity index (χ4v) is 2.02.